The number of ether oxygens (including phenoxy) is 1. The minimum Gasteiger partial charge on any atom is -0.482 e. The molecule has 0 radical (unpaired) electrons. The summed E-state index contributed by atoms with van der Waals surface area (Å²) in [6.45, 7) is 1.70. The Hall–Kier alpha value is -3.54. The van der Waals surface area contributed by atoms with Crippen LogP contribution in [0.2, 0.25) is 0 Å². The van der Waals surface area contributed by atoms with E-state index in [1.165, 1.54) is 5.56 Å². The van der Waals surface area contributed by atoms with E-state index < -0.39 is 5.97 Å². The third-order valence-electron chi connectivity index (χ3n) is 5.82. The fourth-order valence-electron chi connectivity index (χ4n) is 4.34. The molecule has 3 aromatic rings. The highest BCUT2D eigenvalue weighted by molar-refractivity contribution is 5.81. The van der Waals surface area contributed by atoms with Crippen LogP contribution in [-0.2, 0) is 22.5 Å². The lowest BCUT2D eigenvalue weighted by Crippen LogP contribution is -2.19. The molecule has 32 heavy (non-hydrogen) atoms. The maximum atomic E-state index is 10.8. The van der Waals surface area contributed by atoms with Gasteiger partial charge in [-0.3, -0.25) is 0 Å². The predicted octanol–water partition coefficient (Wildman–Crippen LogP) is 5.16. The number of aromatic nitrogens is 1. The second-order valence-electron chi connectivity index (χ2n) is 8.26. The number of hydrogen-bond acceptors (Lipinski definition) is 4. The molecule has 2 atom stereocenters. The highest BCUT2D eigenvalue weighted by Crippen LogP contribution is 2.34. The molecule has 1 aliphatic carbocycles. The zero-order valence-electron chi connectivity index (χ0n) is 18.2. The third-order valence-corrected chi connectivity index (χ3v) is 5.82. The number of H-pyrrole nitrogens is 1. The standard InChI is InChI=1S/C26H28N2O4/c1-18(28-32-26(22-12-13-27-16-22)20-6-3-2-4-7-20)14-19-10-11-23-21(15-19)8-5-9-24(23)31-17-25(29)30/h2-9,12-13,16,19,26-27H,10-11,14-15,17H2,1H3,(H,29,30). The predicted molar refractivity (Wildman–Crippen MR) is 123 cm³/mol. The van der Waals surface area contributed by atoms with Gasteiger partial charge < -0.3 is 19.7 Å². The van der Waals surface area contributed by atoms with Crippen molar-refractivity contribution in [1.29, 1.82) is 0 Å². The minimum atomic E-state index is -0.962. The summed E-state index contributed by atoms with van der Waals surface area (Å²) in [6.07, 6.45) is 7.23. The number of carboxylic acids is 1. The topological polar surface area (TPSA) is 83.9 Å². The Kier molecular flexibility index (Phi) is 6.90. The third kappa shape index (κ3) is 5.38. The van der Waals surface area contributed by atoms with Crippen LogP contribution in [0.1, 0.15) is 48.1 Å². The smallest absolute Gasteiger partial charge is 0.341 e. The van der Waals surface area contributed by atoms with E-state index in [1.807, 2.05) is 67.8 Å². The van der Waals surface area contributed by atoms with Gasteiger partial charge >= 0.3 is 5.97 Å². The first-order valence-electron chi connectivity index (χ1n) is 10.9. The second kappa shape index (κ2) is 10.2. The number of carbonyl (C=O) groups is 1. The number of oxime groups is 1. The number of carboxylic acid groups (broad SMARTS) is 1. The second-order valence-corrected chi connectivity index (χ2v) is 8.26. The Balaban J connectivity index is 1.40. The van der Waals surface area contributed by atoms with Gasteiger partial charge in [-0.25, -0.2) is 4.79 Å². The first kappa shape index (κ1) is 21.7. The van der Waals surface area contributed by atoms with Crippen LogP contribution in [0.25, 0.3) is 0 Å². The number of fused-ring (bicyclic) bond motifs is 1. The van der Waals surface area contributed by atoms with Gasteiger partial charge in [0.25, 0.3) is 0 Å². The number of nitrogens with zero attached hydrogens (tertiary/aromatic N) is 1. The molecule has 166 valence electrons. The number of nitrogens with one attached hydrogen (secondary N) is 1. The molecule has 0 saturated carbocycles. The molecule has 2 unspecified atom stereocenters. The van der Waals surface area contributed by atoms with Gasteiger partial charge in [0.2, 0.25) is 0 Å². The van der Waals surface area contributed by atoms with Gasteiger partial charge in [-0.2, -0.15) is 0 Å². The van der Waals surface area contributed by atoms with Crippen molar-refractivity contribution in [1.82, 2.24) is 4.98 Å². The van der Waals surface area contributed by atoms with E-state index in [0.717, 1.165) is 48.1 Å². The summed E-state index contributed by atoms with van der Waals surface area (Å²) < 4.78 is 5.48. The highest BCUT2D eigenvalue weighted by atomic mass is 16.6. The van der Waals surface area contributed by atoms with Crippen molar-refractivity contribution >= 4 is 11.7 Å². The molecule has 0 bridgehead atoms. The molecular weight excluding hydrogens is 404 g/mol. The Morgan fingerprint density at radius 3 is 2.75 bits per heavy atom. The van der Waals surface area contributed by atoms with Crippen LogP contribution in [-0.4, -0.2) is 28.4 Å². The summed E-state index contributed by atoms with van der Waals surface area (Å²) in [5.41, 5.74) is 5.42. The maximum absolute atomic E-state index is 10.8. The summed E-state index contributed by atoms with van der Waals surface area (Å²) in [5.74, 6) is 0.192. The Bertz CT molecular complexity index is 1060. The molecule has 1 aliphatic rings. The molecule has 0 spiro atoms. The van der Waals surface area contributed by atoms with Gasteiger partial charge in [0, 0.05) is 18.0 Å². The first-order chi connectivity index (χ1) is 15.6. The molecule has 6 nitrogen and oxygen atoms in total. The van der Waals surface area contributed by atoms with Gasteiger partial charge in [-0.15, -0.1) is 0 Å². The van der Waals surface area contributed by atoms with Crippen LogP contribution >= 0.6 is 0 Å². The van der Waals surface area contributed by atoms with E-state index >= 15 is 0 Å². The lowest BCUT2D eigenvalue weighted by Gasteiger charge is -2.26. The van der Waals surface area contributed by atoms with Crippen LogP contribution in [0, 0.1) is 5.92 Å². The van der Waals surface area contributed by atoms with Gasteiger partial charge in [0.15, 0.2) is 12.7 Å². The van der Waals surface area contributed by atoms with Crippen molar-refractivity contribution < 1.29 is 19.5 Å². The summed E-state index contributed by atoms with van der Waals surface area (Å²) in [7, 11) is 0. The number of rotatable bonds is 9. The van der Waals surface area contributed by atoms with E-state index in [9.17, 15) is 4.79 Å². The number of aliphatic carboxylic acids is 1. The van der Waals surface area contributed by atoms with E-state index in [4.69, 9.17) is 14.7 Å². The molecule has 1 heterocycles. The van der Waals surface area contributed by atoms with E-state index in [-0.39, 0.29) is 12.7 Å². The Labute approximate surface area is 187 Å². The first-order valence-corrected chi connectivity index (χ1v) is 10.9. The van der Waals surface area contributed by atoms with Crippen molar-refractivity contribution in [3.05, 3.63) is 89.2 Å². The Morgan fingerprint density at radius 1 is 1.16 bits per heavy atom. The lowest BCUT2D eigenvalue weighted by molar-refractivity contribution is -0.139. The highest BCUT2D eigenvalue weighted by Gasteiger charge is 2.23. The van der Waals surface area contributed by atoms with Crippen LogP contribution in [0.15, 0.2) is 72.1 Å². The van der Waals surface area contributed by atoms with Gasteiger partial charge in [0.05, 0.1) is 5.71 Å². The molecular formula is C26H28N2O4. The molecule has 0 fully saturated rings. The van der Waals surface area contributed by atoms with Gasteiger partial charge in [0.1, 0.15) is 5.75 Å². The van der Waals surface area contributed by atoms with E-state index in [1.54, 1.807) is 0 Å². The van der Waals surface area contributed by atoms with Crippen LogP contribution in [0.5, 0.6) is 5.75 Å². The van der Waals surface area contributed by atoms with Crippen molar-refractivity contribution in [3.8, 4) is 5.75 Å². The summed E-state index contributed by atoms with van der Waals surface area (Å²) in [4.78, 5) is 19.9. The van der Waals surface area contributed by atoms with Crippen LogP contribution in [0.3, 0.4) is 0 Å². The monoisotopic (exact) mass is 432 g/mol. The number of benzene rings is 2. The van der Waals surface area contributed by atoms with Gasteiger partial charge in [-0.1, -0.05) is 47.6 Å². The minimum absolute atomic E-state index is 0.251. The fourth-order valence-corrected chi connectivity index (χ4v) is 4.34. The van der Waals surface area contributed by atoms with E-state index in [0.29, 0.717) is 11.7 Å². The number of hydrogen-bond donors (Lipinski definition) is 2. The largest absolute Gasteiger partial charge is 0.482 e. The average molecular weight is 433 g/mol. The zero-order valence-corrected chi connectivity index (χ0v) is 18.2. The fraction of sp³-hybridized carbons (Fsp3) is 0.308. The lowest BCUT2D eigenvalue weighted by atomic mass is 9.81. The zero-order chi connectivity index (χ0) is 22.3. The molecule has 2 N–H and O–H groups in total. The molecule has 0 saturated heterocycles. The summed E-state index contributed by atoms with van der Waals surface area (Å²) in [5, 5.41) is 13.4. The van der Waals surface area contributed by atoms with Crippen molar-refractivity contribution in [2.75, 3.05) is 6.61 Å². The van der Waals surface area contributed by atoms with Crippen molar-refractivity contribution in [2.45, 2.75) is 38.7 Å². The number of aromatic amines is 1. The van der Waals surface area contributed by atoms with Crippen molar-refractivity contribution in [3.63, 3.8) is 0 Å². The van der Waals surface area contributed by atoms with Gasteiger partial charge in [-0.05, 0) is 67.3 Å². The normalized spacial score (nSPS) is 16.8. The average Bonchev–Trinajstić information content (AvgIpc) is 3.33. The molecule has 0 amide bonds. The molecule has 0 aliphatic heterocycles. The van der Waals surface area contributed by atoms with E-state index in [2.05, 4.69) is 16.2 Å². The maximum Gasteiger partial charge on any atom is 0.341 e. The molecule has 2 aromatic carbocycles. The SMILES string of the molecule is CC(CC1CCc2c(cccc2OCC(=O)O)C1)=NOC(c1ccccc1)c1cc[nH]c1. The molecule has 4 rings (SSSR count). The molecule has 6 heteroatoms. The Morgan fingerprint density at radius 2 is 2.00 bits per heavy atom. The summed E-state index contributed by atoms with van der Waals surface area (Å²) >= 11 is 0. The van der Waals surface area contributed by atoms with Crippen LogP contribution in [0.4, 0.5) is 0 Å². The van der Waals surface area contributed by atoms with Crippen LogP contribution < -0.4 is 4.74 Å². The quantitative estimate of drug-likeness (QED) is 0.362. The van der Waals surface area contributed by atoms with Crippen molar-refractivity contribution in [2.24, 2.45) is 11.1 Å². The summed E-state index contributed by atoms with van der Waals surface area (Å²) in [6, 6.07) is 18.0. The molecule has 1 aromatic heterocycles.